The van der Waals surface area contributed by atoms with Gasteiger partial charge in [-0.2, -0.15) is 5.10 Å². The Bertz CT molecular complexity index is 1010. The highest BCUT2D eigenvalue weighted by Gasteiger charge is 2.17. The van der Waals surface area contributed by atoms with E-state index < -0.39 is 0 Å². The molecule has 8 heteroatoms. The highest BCUT2D eigenvalue weighted by Crippen LogP contribution is 2.22. The highest BCUT2D eigenvalue weighted by molar-refractivity contribution is 5.99. The Labute approximate surface area is 163 Å². The van der Waals surface area contributed by atoms with Gasteiger partial charge in [-0.25, -0.2) is 9.97 Å². The monoisotopic (exact) mass is 378 g/mol. The number of hydrogen-bond donors (Lipinski definition) is 1. The molecule has 2 aromatic heterocycles. The number of carbonyl (C=O) groups is 2. The maximum atomic E-state index is 12.4. The predicted octanol–water partition coefficient (Wildman–Crippen LogP) is 1.82. The summed E-state index contributed by atoms with van der Waals surface area (Å²) in [5.74, 6) is 0.216. The van der Waals surface area contributed by atoms with Gasteiger partial charge >= 0.3 is 0 Å². The van der Waals surface area contributed by atoms with Gasteiger partial charge in [0.2, 0.25) is 0 Å². The summed E-state index contributed by atoms with van der Waals surface area (Å²) < 4.78 is 1.58. The number of benzene rings is 1. The van der Waals surface area contributed by atoms with E-state index in [1.54, 1.807) is 51.2 Å². The summed E-state index contributed by atoms with van der Waals surface area (Å²) >= 11 is 0. The molecule has 28 heavy (non-hydrogen) atoms. The molecule has 0 saturated carbocycles. The molecule has 1 N–H and O–H groups in total. The van der Waals surface area contributed by atoms with E-state index in [1.165, 1.54) is 4.90 Å². The van der Waals surface area contributed by atoms with Crippen molar-refractivity contribution in [3.8, 4) is 11.3 Å². The summed E-state index contributed by atoms with van der Waals surface area (Å²) in [6.45, 7) is 2.16. The molecule has 2 heterocycles. The minimum atomic E-state index is -0.227. The number of hydrogen-bond acceptors (Lipinski definition) is 5. The average Bonchev–Trinajstić information content (AvgIpc) is 3.12. The first kappa shape index (κ1) is 19.2. The van der Waals surface area contributed by atoms with Gasteiger partial charge in [-0.15, -0.1) is 0 Å². The number of nitrogens with zero attached hydrogens (tertiary/aromatic N) is 5. The number of nitrogens with one attached hydrogen (secondary N) is 1. The molecule has 3 rings (SSSR count). The minimum Gasteiger partial charge on any atom is -0.347 e. The third-order valence-electron chi connectivity index (χ3n) is 4.17. The van der Waals surface area contributed by atoms with Crippen molar-refractivity contribution in [1.82, 2.24) is 30.0 Å². The molecular formula is C20H22N6O2. The van der Waals surface area contributed by atoms with Crippen molar-refractivity contribution in [3.63, 3.8) is 0 Å². The van der Waals surface area contributed by atoms with Crippen LogP contribution < -0.4 is 5.32 Å². The lowest BCUT2D eigenvalue weighted by Gasteiger charge is -2.14. The number of carbonyl (C=O) groups excluding carboxylic acids is 2. The second-order valence-electron chi connectivity index (χ2n) is 6.63. The number of aryl methyl sites for hydroxylation is 2. The summed E-state index contributed by atoms with van der Waals surface area (Å²) in [6.07, 6.45) is 3.28. The average molecular weight is 378 g/mol. The molecule has 0 aliphatic rings. The SMILES string of the molecule is Cc1ncc(C(=O)N(C)C)c(-c2ccc(CNC(=O)c3ccn(C)n3)cc2)n1. The summed E-state index contributed by atoms with van der Waals surface area (Å²) in [6, 6.07) is 9.23. The molecule has 1 aromatic carbocycles. The van der Waals surface area contributed by atoms with E-state index in [0.29, 0.717) is 29.3 Å². The molecule has 0 radical (unpaired) electrons. The zero-order chi connectivity index (χ0) is 20.3. The second-order valence-corrected chi connectivity index (χ2v) is 6.63. The maximum Gasteiger partial charge on any atom is 0.272 e. The van der Waals surface area contributed by atoms with E-state index in [4.69, 9.17) is 0 Å². The van der Waals surface area contributed by atoms with Gasteiger partial charge in [0.05, 0.1) is 11.3 Å². The van der Waals surface area contributed by atoms with Crippen molar-refractivity contribution < 1.29 is 9.59 Å². The Morgan fingerprint density at radius 3 is 2.46 bits per heavy atom. The van der Waals surface area contributed by atoms with Crippen LogP contribution in [0.2, 0.25) is 0 Å². The molecule has 0 fully saturated rings. The fraction of sp³-hybridized carbons (Fsp3) is 0.250. The van der Waals surface area contributed by atoms with E-state index in [1.807, 2.05) is 24.3 Å². The fourth-order valence-electron chi connectivity index (χ4n) is 2.68. The van der Waals surface area contributed by atoms with Crippen LogP contribution in [0.3, 0.4) is 0 Å². The van der Waals surface area contributed by atoms with Crippen molar-refractivity contribution >= 4 is 11.8 Å². The number of amides is 2. The van der Waals surface area contributed by atoms with Crippen molar-refractivity contribution in [2.75, 3.05) is 14.1 Å². The maximum absolute atomic E-state index is 12.4. The van der Waals surface area contributed by atoms with Crippen LogP contribution in [0.4, 0.5) is 0 Å². The Morgan fingerprint density at radius 1 is 1.14 bits per heavy atom. The van der Waals surface area contributed by atoms with Crippen LogP contribution in [0.25, 0.3) is 11.3 Å². The van der Waals surface area contributed by atoms with Gasteiger partial charge in [0, 0.05) is 45.6 Å². The molecule has 3 aromatic rings. The third kappa shape index (κ3) is 4.22. The smallest absolute Gasteiger partial charge is 0.272 e. The molecule has 0 atom stereocenters. The van der Waals surface area contributed by atoms with Gasteiger partial charge in [0.1, 0.15) is 11.5 Å². The zero-order valence-corrected chi connectivity index (χ0v) is 16.3. The molecule has 144 valence electrons. The lowest BCUT2D eigenvalue weighted by molar-refractivity contribution is 0.0827. The van der Waals surface area contributed by atoms with E-state index in [9.17, 15) is 9.59 Å². The first-order valence-corrected chi connectivity index (χ1v) is 8.77. The van der Waals surface area contributed by atoms with Gasteiger partial charge in [-0.1, -0.05) is 24.3 Å². The predicted molar refractivity (Wildman–Crippen MR) is 105 cm³/mol. The fourth-order valence-corrected chi connectivity index (χ4v) is 2.68. The van der Waals surface area contributed by atoms with Crippen molar-refractivity contribution in [3.05, 3.63) is 65.4 Å². The molecule has 0 aliphatic carbocycles. The zero-order valence-electron chi connectivity index (χ0n) is 16.3. The lowest BCUT2D eigenvalue weighted by atomic mass is 10.0. The third-order valence-corrected chi connectivity index (χ3v) is 4.17. The van der Waals surface area contributed by atoms with E-state index in [0.717, 1.165) is 11.1 Å². The molecule has 0 spiro atoms. The topological polar surface area (TPSA) is 93.0 Å². The summed E-state index contributed by atoms with van der Waals surface area (Å²) in [7, 11) is 5.15. The molecular weight excluding hydrogens is 356 g/mol. The Hall–Kier alpha value is -3.55. The largest absolute Gasteiger partial charge is 0.347 e. The van der Waals surface area contributed by atoms with E-state index in [-0.39, 0.29) is 11.8 Å². The summed E-state index contributed by atoms with van der Waals surface area (Å²) in [4.78, 5) is 34.6. The van der Waals surface area contributed by atoms with E-state index in [2.05, 4.69) is 20.4 Å². The molecule has 0 saturated heterocycles. The van der Waals surface area contributed by atoms with Gasteiger partial charge in [-0.05, 0) is 18.6 Å². The van der Waals surface area contributed by atoms with Gasteiger partial charge in [-0.3, -0.25) is 14.3 Å². The first-order valence-electron chi connectivity index (χ1n) is 8.77. The molecule has 8 nitrogen and oxygen atoms in total. The van der Waals surface area contributed by atoms with Crippen LogP contribution in [0.5, 0.6) is 0 Å². The Kier molecular flexibility index (Phi) is 5.49. The Balaban J connectivity index is 1.77. The minimum absolute atomic E-state index is 0.151. The quantitative estimate of drug-likeness (QED) is 0.731. The summed E-state index contributed by atoms with van der Waals surface area (Å²) in [5.41, 5.74) is 3.17. The second kappa shape index (κ2) is 7.99. The van der Waals surface area contributed by atoms with Gasteiger partial charge < -0.3 is 10.2 Å². The molecule has 0 aliphatic heterocycles. The van der Waals surface area contributed by atoms with Crippen molar-refractivity contribution in [2.24, 2.45) is 7.05 Å². The summed E-state index contributed by atoms with van der Waals surface area (Å²) in [5, 5.41) is 6.92. The molecule has 0 bridgehead atoms. The van der Waals surface area contributed by atoms with Gasteiger partial charge in [0.25, 0.3) is 11.8 Å². The van der Waals surface area contributed by atoms with Crippen molar-refractivity contribution in [2.45, 2.75) is 13.5 Å². The normalized spacial score (nSPS) is 10.6. The first-order chi connectivity index (χ1) is 13.3. The van der Waals surface area contributed by atoms with Crippen LogP contribution in [-0.2, 0) is 13.6 Å². The van der Waals surface area contributed by atoms with Crippen molar-refractivity contribution in [1.29, 1.82) is 0 Å². The lowest BCUT2D eigenvalue weighted by Crippen LogP contribution is -2.23. The number of aromatic nitrogens is 4. The standard InChI is InChI=1S/C20H22N6O2/c1-13-21-12-16(20(28)25(2)3)18(23-13)15-7-5-14(6-8-15)11-22-19(27)17-9-10-26(4)24-17/h5-10,12H,11H2,1-4H3,(H,22,27). The van der Waals surface area contributed by atoms with Crippen LogP contribution in [0.15, 0.2) is 42.7 Å². The molecule has 2 amide bonds. The van der Waals surface area contributed by atoms with E-state index >= 15 is 0 Å². The Morgan fingerprint density at radius 2 is 1.86 bits per heavy atom. The van der Waals surface area contributed by atoms with Crippen LogP contribution in [0.1, 0.15) is 32.2 Å². The highest BCUT2D eigenvalue weighted by atomic mass is 16.2. The number of rotatable bonds is 5. The van der Waals surface area contributed by atoms with Gasteiger partial charge in [0.15, 0.2) is 0 Å². The van der Waals surface area contributed by atoms with Crippen LogP contribution in [0, 0.1) is 6.92 Å². The van der Waals surface area contributed by atoms with Crippen LogP contribution in [-0.4, -0.2) is 50.6 Å². The molecule has 0 unspecified atom stereocenters. The van der Waals surface area contributed by atoms with Crippen LogP contribution >= 0.6 is 0 Å².